The quantitative estimate of drug-likeness (QED) is 0.819. The molecular formula is C19H24N2O3. The Hall–Kier alpha value is -2.53. The van der Waals surface area contributed by atoms with Gasteiger partial charge in [-0.3, -0.25) is 4.79 Å². The molecule has 0 spiro atoms. The number of nitrogens with one attached hydrogen (secondary N) is 1. The van der Waals surface area contributed by atoms with Gasteiger partial charge >= 0.3 is 0 Å². The van der Waals surface area contributed by atoms with E-state index in [9.17, 15) is 4.79 Å². The minimum Gasteiger partial charge on any atom is -0.493 e. The summed E-state index contributed by atoms with van der Waals surface area (Å²) in [5, 5.41) is 2.81. The van der Waals surface area contributed by atoms with Crippen molar-refractivity contribution >= 4 is 5.91 Å². The second-order valence-electron chi connectivity index (χ2n) is 6.16. The van der Waals surface area contributed by atoms with Crippen molar-refractivity contribution in [3.05, 3.63) is 59.7 Å². The topological polar surface area (TPSA) is 73.6 Å². The smallest absolute Gasteiger partial charge is 0.239 e. The zero-order valence-electron chi connectivity index (χ0n) is 14.3. The summed E-state index contributed by atoms with van der Waals surface area (Å²) in [7, 11) is 1.59. The third-order valence-electron chi connectivity index (χ3n) is 3.50. The zero-order valence-corrected chi connectivity index (χ0v) is 14.3. The Morgan fingerprint density at radius 3 is 2.42 bits per heavy atom. The van der Waals surface area contributed by atoms with Crippen LogP contribution in [-0.2, 0) is 17.9 Å². The summed E-state index contributed by atoms with van der Waals surface area (Å²) >= 11 is 0. The molecule has 0 unspecified atom stereocenters. The van der Waals surface area contributed by atoms with Crippen molar-refractivity contribution in [3.63, 3.8) is 0 Å². The van der Waals surface area contributed by atoms with E-state index in [1.54, 1.807) is 21.0 Å². The lowest BCUT2D eigenvalue weighted by atomic mass is 10.1. The van der Waals surface area contributed by atoms with Gasteiger partial charge in [-0.25, -0.2) is 0 Å². The van der Waals surface area contributed by atoms with Gasteiger partial charge in [-0.15, -0.1) is 0 Å². The molecule has 5 nitrogen and oxygen atoms in total. The normalized spacial score (nSPS) is 11.0. The number of ether oxygens (including phenoxy) is 2. The van der Waals surface area contributed by atoms with Gasteiger partial charge in [0.05, 0.1) is 12.6 Å². The predicted octanol–water partition coefficient (Wildman–Crippen LogP) is 2.63. The molecule has 2 rings (SSSR count). The first kappa shape index (κ1) is 17.8. The fourth-order valence-corrected chi connectivity index (χ4v) is 2.09. The number of carbonyl (C=O) groups excluding carboxylic acids is 1. The Morgan fingerprint density at radius 2 is 1.79 bits per heavy atom. The molecule has 2 aromatic carbocycles. The molecule has 128 valence electrons. The van der Waals surface area contributed by atoms with Crippen LogP contribution in [0.3, 0.4) is 0 Å². The summed E-state index contributed by atoms with van der Waals surface area (Å²) in [6.45, 7) is 4.19. The summed E-state index contributed by atoms with van der Waals surface area (Å²) in [4.78, 5) is 11.8. The molecule has 0 aliphatic rings. The van der Waals surface area contributed by atoms with Crippen LogP contribution in [0.25, 0.3) is 0 Å². The molecule has 0 radical (unpaired) electrons. The first-order valence-corrected chi connectivity index (χ1v) is 7.81. The summed E-state index contributed by atoms with van der Waals surface area (Å²) in [6, 6.07) is 15.5. The zero-order chi connectivity index (χ0) is 17.6. The fourth-order valence-electron chi connectivity index (χ4n) is 2.09. The van der Waals surface area contributed by atoms with Crippen LogP contribution < -0.4 is 20.5 Å². The van der Waals surface area contributed by atoms with Gasteiger partial charge in [-0.1, -0.05) is 36.4 Å². The van der Waals surface area contributed by atoms with E-state index in [0.717, 1.165) is 11.1 Å². The van der Waals surface area contributed by atoms with Crippen LogP contribution in [-0.4, -0.2) is 18.6 Å². The molecule has 2 aromatic rings. The Balaban J connectivity index is 2.00. The lowest BCUT2D eigenvalue weighted by molar-refractivity contribution is -0.125. The molecule has 5 heteroatoms. The van der Waals surface area contributed by atoms with E-state index in [2.05, 4.69) is 5.32 Å². The highest BCUT2D eigenvalue weighted by Gasteiger charge is 2.21. The van der Waals surface area contributed by atoms with Gasteiger partial charge in [-0.2, -0.15) is 0 Å². The molecule has 0 aliphatic heterocycles. The Morgan fingerprint density at radius 1 is 1.08 bits per heavy atom. The lowest BCUT2D eigenvalue weighted by Crippen LogP contribution is -2.48. The van der Waals surface area contributed by atoms with Crippen LogP contribution in [0, 0.1) is 0 Å². The van der Waals surface area contributed by atoms with Crippen molar-refractivity contribution in [3.8, 4) is 11.5 Å². The molecule has 0 heterocycles. The standard InChI is InChI=1S/C19H24N2O3/c1-19(2,20)18(22)21-12-15-9-10-16(17(11-15)23-3)24-13-14-7-5-4-6-8-14/h4-11H,12-13,20H2,1-3H3,(H,21,22). The van der Waals surface area contributed by atoms with E-state index in [1.165, 1.54) is 0 Å². The van der Waals surface area contributed by atoms with Crippen molar-refractivity contribution in [2.45, 2.75) is 32.5 Å². The Bertz CT molecular complexity index is 679. The van der Waals surface area contributed by atoms with Crippen LogP contribution in [0.5, 0.6) is 11.5 Å². The van der Waals surface area contributed by atoms with Crippen LogP contribution in [0.1, 0.15) is 25.0 Å². The van der Waals surface area contributed by atoms with E-state index in [4.69, 9.17) is 15.2 Å². The summed E-state index contributed by atoms with van der Waals surface area (Å²) < 4.78 is 11.2. The van der Waals surface area contributed by atoms with Gasteiger partial charge in [-0.05, 0) is 37.1 Å². The highest BCUT2D eigenvalue weighted by molar-refractivity contribution is 5.85. The number of carbonyl (C=O) groups is 1. The maximum absolute atomic E-state index is 11.8. The van der Waals surface area contributed by atoms with Crippen molar-refractivity contribution in [2.75, 3.05) is 7.11 Å². The van der Waals surface area contributed by atoms with Crippen LogP contribution >= 0.6 is 0 Å². The Labute approximate surface area is 142 Å². The molecule has 0 saturated carbocycles. The van der Waals surface area contributed by atoms with Crippen molar-refractivity contribution in [2.24, 2.45) is 5.73 Å². The Kier molecular flexibility index (Phi) is 5.82. The first-order valence-electron chi connectivity index (χ1n) is 7.81. The lowest BCUT2D eigenvalue weighted by Gasteiger charge is -2.18. The predicted molar refractivity (Wildman–Crippen MR) is 93.9 cm³/mol. The van der Waals surface area contributed by atoms with Gasteiger partial charge < -0.3 is 20.5 Å². The maximum Gasteiger partial charge on any atom is 0.239 e. The number of hydrogen-bond donors (Lipinski definition) is 2. The number of benzene rings is 2. The molecule has 0 fully saturated rings. The molecular weight excluding hydrogens is 304 g/mol. The van der Waals surface area contributed by atoms with E-state index in [-0.39, 0.29) is 5.91 Å². The van der Waals surface area contributed by atoms with E-state index >= 15 is 0 Å². The molecule has 0 bridgehead atoms. The monoisotopic (exact) mass is 328 g/mol. The average Bonchev–Trinajstić information content (AvgIpc) is 2.58. The molecule has 0 saturated heterocycles. The van der Waals surface area contributed by atoms with Crippen LogP contribution in [0.15, 0.2) is 48.5 Å². The van der Waals surface area contributed by atoms with Crippen molar-refractivity contribution in [1.29, 1.82) is 0 Å². The molecule has 0 atom stereocenters. The number of rotatable bonds is 7. The average molecular weight is 328 g/mol. The second kappa shape index (κ2) is 7.84. The first-order chi connectivity index (χ1) is 11.4. The van der Waals surface area contributed by atoms with Gasteiger partial charge in [0.25, 0.3) is 0 Å². The number of hydrogen-bond acceptors (Lipinski definition) is 4. The minimum atomic E-state index is -0.900. The van der Waals surface area contributed by atoms with E-state index in [0.29, 0.717) is 24.7 Å². The van der Waals surface area contributed by atoms with Crippen LogP contribution in [0.2, 0.25) is 0 Å². The van der Waals surface area contributed by atoms with Crippen molar-refractivity contribution < 1.29 is 14.3 Å². The second-order valence-corrected chi connectivity index (χ2v) is 6.16. The molecule has 0 aliphatic carbocycles. The molecule has 24 heavy (non-hydrogen) atoms. The highest BCUT2D eigenvalue weighted by Crippen LogP contribution is 2.28. The summed E-state index contributed by atoms with van der Waals surface area (Å²) in [5.74, 6) is 1.09. The highest BCUT2D eigenvalue weighted by atomic mass is 16.5. The summed E-state index contributed by atoms with van der Waals surface area (Å²) in [6.07, 6.45) is 0. The summed E-state index contributed by atoms with van der Waals surface area (Å²) in [5.41, 5.74) is 6.86. The molecule has 1 amide bonds. The number of methoxy groups -OCH3 is 1. The number of amides is 1. The van der Waals surface area contributed by atoms with Gasteiger partial charge in [0, 0.05) is 6.54 Å². The van der Waals surface area contributed by atoms with Gasteiger partial charge in [0.15, 0.2) is 11.5 Å². The van der Waals surface area contributed by atoms with E-state index < -0.39 is 5.54 Å². The fraction of sp³-hybridized carbons (Fsp3) is 0.316. The largest absolute Gasteiger partial charge is 0.493 e. The van der Waals surface area contributed by atoms with Crippen molar-refractivity contribution in [1.82, 2.24) is 5.32 Å². The van der Waals surface area contributed by atoms with Gasteiger partial charge in [0.1, 0.15) is 6.61 Å². The van der Waals surface area contributed by atoms with Gasteiger partial charge in [0.2, 0.25) is 5.91 Å². The van der Waals surface area contributed by atoms with Crippen LogP contribution in [0.4, 0.5) is 0 Å². The van der Waals surface area contributed by atoms with E-state index in [1.807, 2.05) is 48.5 Å². The molecule has 0 aromatic heterocycles. The number of nitrogens with two attached hydrogens (primary N) is 1. The maximum atomic E-state index is 11.8. The third kappa shape index (κ3) is 4.99. The minimum absolute atomic E-state index is 0.203. The third-order valence-corrected chi connectivity index (χ3v) is 3.50. The molecule has 3 N–H and O–H groups in total. The SMILES string of the molecule is COc1cc(CNC(=O)C(C)(C)N)ccc1OCc1ccccc1.